The van der Waals surface area contributed by atoms with Gasteiger partial charge in [0.2, 0.25) is 0 Å². The van der Waals surface area contributed by atoms with Gasteiger partial charge in [0.05, 0.1) is 65.1 Å². The average Bonchev–Trinajstić information content (AvgIpc) is 4.36. The van der Waals surface area contributed by atoms with Crippen LogP contribution in [-0.4, -0.2) is 218 Å². The van der Waals surface area contributed by atoms with E-state index in [2.05, 4.69) is 0 Å². The van der Waals surface area contributed by atoms with Crippen LogP contribution in [0.25, 0.3) is 0 Å². The van der Waals surface area contributed by atoms with Gasteiger partial charge in [0.25, 0.3) is 0 Å². The Kier molecular flexibility index (Phi) is 27.0. The summed E-state index contributed by atoms with van der Waals surface area (Å²) in [6.07, 6.45) is -2.07. The van der Waals surface area contributed by atoms with Crippen molar-refractivity contribution in [2.24, 2.45) is 11.8 Å². The van der Waals surface area contributed by atoms with Crippen LogP contribution >= 0.6 is 0 Å². The number of Topliss-reactive ketones (excluding diaryl/α,β-unsaturated/α-hetero) is 2. The van der Waals surface area contributed by atoms with Gasteiger partial charge in [-0.15, -0.1) is 0 Å². The standard InChI is InChI=1S/C17H24O9.3C12H18O6/c1-10(18)4-2-6-14(21)25-11-8-23-17-12(9-24-16(11)17)26-15(22)7-3-5-13(19)20;2*1-7-5-16-12-8(6-17-11(7)12)18-10(15)4-2-3-9(13)14;1-7(13)3-2-4-10(15)18-9-6-17-11-8(14)5-16-12(9)11/h11-12,16-17H,2-9H2,1H3,(H,19,20);2*7-8,11-12H,2-6H2,1H3,(H,13,14);8-9,11-12,14H,2-6H2,1H3/t11-,12-,16-,17-;7-,8+,11+,12+;7-,8-,11-,12-;8-,9-,11-,12-/m1011/s1. The molecule has 0 aliphatic carbocycles. The molecule has 0 saturated carbocycles. The van der Waals surface area contributed by atoms with Crippen LogP contribution in [0.1, 0.15) is 124 Å². The Morgan fingerprint density at radius 1 is 0.325 bits per heavy atom. The van der Waals surface area contributed by atoms with Gasteiger partial charge in [-0.2, -0.15) is 0 Å². The molecule has 80 heavy (non-hydrogen) atoms. The summed E-state index contributed by atoms with van der Waals surface area (Å²) in [6, 6.07) is 0. The van der Waals surface area contributed by atoms with Crippen LogP contribution in [-0.2, 0) is 110 Å². The zero-order valence-corrected chi connectivity index (χ0v) is 45.7. The van der Waals surface area contributed by atoms with Gasteiger partial charge in [-0.1, -0.05) is 13.8 Å². The van der Waals surface area contributed by atoms with Gasteiger partial charge in [0, 0.05) is 76.0 Å². The van der Waals surface area contributed by atoms with E-state index in [1.165, 1.54) is 13.8 Å². The molecule has 452 valence electrons. The molecule has 0 amide bonds. The van der Waals surface area contributed by atoms with Gasteiger partial charge in [-0.3, -0.25) is 38.4 Å². The summed E-state index contributed by atoms with van der Waals surface area (Å²) >= 11 is 0. The number of carbonyl (C=O) groups excluding carboxylic acids is 7. The minimum absolute atomic E-state index is 0.00868. The highest BCUT2D eigenvalue weighted by atomic mass is 16.7. The lowest BCUT2D eigenvalue weighted by molar-refractivity contribution is -0.156. The number of ketones is 2. The first-order valence-corrected chi connectivity index (χ1v) is 27.3. The summed E-state index contributed by atoms with van der Waals surface area (Å²) in [7, 11) is 0. The molecular weight excluding hydrogens is 1070 g/mol. The number of hydrogen-bond donors (Lipinski definition) is 4. The molecule has 0 aromatic heterocycles. The predicted octanol–water partition coefficient (Wildman–Crippen LogP) is 1.61. The molecule has 0 aromatic carbocycles. The predicted molar refractivity (Wildman–Crippen MR) is 265 cm³/mol. The summed E-state index contributed by atoms with van der Waals surface area (Å²) in [6.45, 7) is 9.80. The van der Waals surface area contributed by atoms with Crippen LogP contribution in [0.15, 0.2) is 0 Å². The SMILES string of the molecule is CC(=O)CCCC(=O)O[C@@H]1CO[C@H]2[C@@H]1OC[C@H]2O.CC(=O)CCCC(=O)O[C@@H]1CO[C@H]2[C@@H]1OC[C@H]2OC(=O)CCCC(=O)O.C[C@@H]1CO[C@H]2[C@@H]1OC[C@H]2OC(=O)CCCC(=O)O.C[C@H]1CO[C@H]2[C@@H]1OC[C@H]2OC(=O)CCCC(=O)O. The fourth-order valence-electron chi connectivity index (χ4n) is 9.94. The van der Waals surface area contributed by atoms with Crippen LogP contribution in [0.3, 0.4) is 0 Å². The number of carboxylic acids is 3. The second-order valence-electron chi connectivity index (χ2n) is 20.9. The lowest BCUT2D eigenvalue weighted by Gasteiger charge is -2.17. The lowest BCUT2D eigenvalue weighted by Crippen LogP contribution is -2.36. The van der Waals surface area contributed by atoms with Crippen molar-refractivity contribution in [3.63, 3.8) is 0 Å². The largest absolute Gasteiger partial charge is 0.481 e. The maximum atomic E-state index is 11.8. The Hall–Kier alpha value is -5.26. The van der Waals surface area contributed by atoms with Crippen molar-refractivity contribution in [1.82, 2.24) is 0 Å². The summed E-state index contributed by atoms with van der Waals surface area (Å²) in [5.41, 5.74) is 0. The van der Waals surface area contributed by atoms with Crippen molar-refractivity contribution >= 4 is 59.3 Å². The van der Waals surface area contributed by atoms with E-state index in [4.69, 9.17) is 76.9 Å². The van der Waals surface area contributed by atoms with Crippen LogP contribution in [0.4, 0.5) is 0 Å². The summed E-state index contributed by atoms with van der Waals surface area (Å²) < 4.78 is 70.4. The first kappa shape index (κ1) is 65.5. The van der Waals surface area contributed by atoms with Crippen molar-refractivity contribution < 1.29 is 130 Å². The van der Waals surface area contributed by atoms with E-state index in [1.54, 1.807) is 0 Å². The van der Waals surface area contributed by atoms with Gasteiger partial charge in [-0.05, 0) is 46.0 Å². The van der Waals surface area contributed by atoms with Gasteiger partial charge in [-0.25, -0.2) is 0 Å². The monoisotopic (exact) mass is 1150 g/mol. The van der Waals surface area contributed by atoms with Crippen LogP contribution < -0.4 is 0 Å². The summed E-state index contributed by atoms with van der Waals surface area (Å²) in [5.74, 6) is -4.07. The molecule has 0 aromatic rings. The molecule has 8 fully saturated rings. The van der Waals surface area contributed by atoms with Crippen LogP contribution in [0.2, 0.25) is 0 Å². The quantitative estimate of drug-likeness (QED) is 0.0745. The molecule has 27 heteroatoms. The van der Waals surface area contributed by atoms with E-state index < -0.39 is 66.5 Å². The normalized spacial score (nSPS) is 31.9. The van der Waals surface area contributed by atoms with Crippen molar-refractivity contribution in [2.75, 3.05) is 52.9 Å². The Bertz CT molecular complexity index is 1900. The topological polar surface area (TPSA) is 372 Å². The minimum Gasteiger partial charge on any atom is -0.481 e. The Balaban J connectivity index is 0.000000199. The Morgan fingerprint density at radius 2 is 0.550 bits per heavy atom. The third-order valence-corrected chi connectivity index (χ3v) is 14.0. The third-order valence-electron chi connectivity index (χ3n) is 14.0. The highest BCUT2D eigenvalue weighted by Gasteiger charge is 2.52. The van der Waals surface area contributed by atoms with Crippen molar-refractivity contribution in [2.45, 2.75) is 209 Å². The molecule has 8 heterocycles. The van der Waals surface area contributed by atoms with E-state index in [-0.39, 0.29) is 163 Å². The molecule has 0 bridgehead atoms. The van der Waals surface area contributed by atoms with Gasteiger partial charge < -0.3 is 91.6 Å². The lowest BCUT2D eigenvalue weighted by atomic mass is 10.0. The molecule has 8 rings (SSSR count). The zero-order valence-electron chi connectivity index (χ0n) is 45.7. The molecule has 0 spiro atoms. The van der Waals surface area contributed by atoms with Gasteiger partial charge >= 0.3 is 47.8 Å². The fourth-order valence-corrected chi connectivity index (χ4v) is 9.94. The zero-order chi connectivity index (χ0) is 58.5. The molecular formula is C53H78O27. The third kappa shape index (κ3) is 21.2. The number of aliphatic hydroxyl groups is 1. The summed E-state index contributed by atoms with van der Waals surface area (Å²) in [5, 5.41) is 35.0. The number of rotatable bonds is 25. The number of esters is 5. The van der Waals surface area contributed by atoms with Crippen LogP contribution in [0.5, 0.6) is 0 Å². The number of fused-ring (bicyclic) bond motifs is 4. The second-order valence-corrected chi connectivity index (χ2v) is 20.9. The molecule has 0 unspecified atom stereocenters. The Labute approximate surface area is 462 Å². The van der Waals surface area contributed by atoms with E-state index in [0.29, 0.717) is 76.8 Å². The first-order valence-electron chi connectivity index (χ1n) is 27.3. The number of carbonyl (C=O) groups is 10. The molecule has 8 aliphatic rings. The van der Waals surface area contributed by atoms with Crippen molar-refractivity contribution in [3.05, 3.63) is 0 Å². The number of aliphatic carboxylic acids is 3. The molecule has 4 N–H and O–H groups in total. The number of carboxylic acid groups (broad SMARTS) is 3. The smallest absolute Gasteiger partial charge is 0.306 e. The van der Waals surface area contributed by atoms with E-state index >= 15 is 0 Å². The first-order chi connectivity index (χ1) is 38.1. The number of aliphatic hydroxyl groups excluding tert-OH is 1. The van der Waals surface area contributed by atoms with Crippen molar-refractivity contribution in [1.29, 1.82) is 0 Å². The molecule has 16 atom stereocenters. The molecule has 8 saturated heterocycles. The van der Waals surface area contributed by atoms with E-state index in [9.17, 15) is 53.1 Å². The van der Waals surface area contributed by atoms with E-state index in [0.717, 1.165) is 0 Å². The highest BCUT2D eigenvalue weighted by Crippen LogP contribution is 2.35. The number of ether oxygens (including phenoxy) is 13. The van der Waals surface area contributed by atoms with E-state index in [1.807, 2.05) is 13.8 Å². The highest BCUT2D eigenvalue weighted by molar-refractivity contribution is 5.77. The minimum atomic E-state index is -0.964. The van der Waals surface area contributed by atoms with Gasteiger partial charge in [0.1, 0.15) is 54.3 Å². The Morgan fingerprint density at radius 3 is 0.838 bits per heavy atom. The van der Waals surface area contributed by atoms with Gasteiger partial charge in [0.15, 0.2) is 30.5 Å². The average molecular weight is 1150 g/mol. The molecule has 27 nitrogen and oxygen atoms in total. The fraction of sp³-hybridized carbons (Fsp3) is 0.811. The summed E-state index contributed by atoms with van der Waals surface area (Å²) in [4.78, 5) is 111. The van der Waals surface area contributed by atoms with Crippen molar-refractivity contribution in [3.8, 4) is 0 Å². The molecule has 8 aliphatic heterocycles. The maximum absolute atomic E-state index is 11.8. The molecule has 0 radical (unpaired) electrons. The second kappa shape index (κ2) is 33.0. The number of hydrogen-bond acceptors (Lipinski definition) is 24. The van der Waals surface area contributed by atoms with Crippen LogP contribution in [0, 0.1) is 11.8 Å². The maximum Gasteiger partial charge on any atom is 0.306 e.